The number of amides is 1. The smallest absolute Gasteiger partial charge is 0.251 e. The lowest BCUT2D eigenvalue weighted by Gasteiger charge is -2.26. The lowest BCUT2D eigenvalue weighted by atomic mass is 10.0. The van der Waals surface area contributed by atoms with Gasteiger partial charge in [-0.15, -0.1) is 11.8 Å². The van der Waals surface area contributed by atoms with E-state index in [9.17, 15) is 17.6 Å². The summed E-state index contributed by atoms with van der Waals surface area (Å²) in [6.07, 6.45) is 1.79. The Balaban J connectivity index is 1.85. The summed E-state index contributed by atoms with van der Waals surface area (Å²) in [7, 11) is -3.38. The van der Waals surface area contributed by atoms with Crippen molar-refractivity contribution in [3.05, 3.63) is 59.4 Å². The topological polar surface area (TPSA) is 63.2 Å². The minimum Gasteiger partial charge on any atom is -0.345 e. The molecule has 0 fully saturated rings. The van der Waals surface area contributed by atoms with Gasteiger partial charge in [-0.2, -0.15) is 0 Å². The summed E-state index contributed by atoms with van der Waals surface area (Å²) < 4.78 is 36.8. The van der Waals surface area contributed by atoms with Gasteiger partial charge in [0.1, 0.15) is 5.82 Å². The minimum atomic E-state index is -3.38. The number of fused-ring (bicyclic) bond motifs is 1. The summed E-state index contributed by atoms with van der Waals surface area (Å²) in [5, 5.41) is 2.88. The molecule has 0 radical (unpaired) electrons. The summed E-state index contributed by atoms with van der Waals surface area (Å²) in [6, 6.07) is 10.2. The van der Waals surface area contributed by atoms with Crippen molar-refractivity contribution in [2.75, 3.05) is 12.0 Å². The molecule has 2 aromatic rings. The molecule has 126 valence electrons. The first-order chi connectivity index (χ1) is 11.3. The van der Waals surface area contributed by atoms with Crippen molar-refractivity contribution in [2.45, 2.75) is 22.3 Å². The number of hydrogen-bond acceptors (Lipinski definition) is 4. The number of hydrogen-bond donors (Lipinski definition) is 1. The molecule has 0 bridgehead atoms. The van der Waals surface area contributed by atoms with E-state index in [4.69, 9.17) is 0 Å². The van der Waals surface area contributed by atoms with Crippen molar-refractivity contribution in [2.24, 2.45) is 0 Å². The molecule has 3 rings (SSSR count). The SMILES string of the molecule is CS(=O)(=O)c1cccc(C(=O)NC2CCSc3ccc(F)cc32)c1. The molecule has 1 aliphatic heterocycles. The number of nitrogens with one attached hydrogen (secondary N) is 1. The maximum Gasteiger partial charge on any atom is 0.251 e. The van der Waals surface area contributed by atoms with Crippen molar-refractivity contribution in [1.82, 2.24) is 5.32 Å². The van der Waals surface area contributed by atoms with Crippen LogP contribution in [0.15, 0.2) is 52.3 Å². The van der Waals surface area contributed by atoms with Crippen molar-refractivity contribution < 1.29 is 17.6 Å². The Hall–Kier alpha value is -1.86. The number of carbonyl (C=O) groups is 1. The van der Waals surface area contributed by atoms with Crippen molar-refractivity contribution in [3.63, 3.8) is 0 Å². The molecule has 7 heteroatoms. The maximum absolute atomic E-state index is 13.5. The van der Waals surface area contributed by atoms with E-state index in [1.807, 2.05) is 0 Å². The monoisotopic (exact) mass is 365 g/mol. The lowest BCUT2D eigenvalue weighted by molar-refractivity contribution is 0.0934. The van der Waals surface area contributed by atoms with Crippen LogP contribution >= 0.6 is 11.8 Å². The number of halogens is 1. The molecule has 0 spiro atoms. The molecule has 1 heterocycles. The summed E-state index contributed by atoms with van der Waals surface area (Å²) in [6.45, 7) is 0. The Morgan fingerprint density at radius 1 is 1.25 bits per heavy atom. The Morgan fingerprint density at radius 3 is 2.79 bits per heavy atom. The first-order valence-electron chi connectivity index (χ1n) is 7.38. The third-order valence-corrected chi connectivity index (χ3v) is 6.07. The average Bonchev–Trinajstić information content (AvgIpc) is 2.55. The second-order valence-corrected chi connectivity index (χ2v) is 8.80. The number of sulfone groups is 1. The highest BCUT2D eigenvalue weighted by atomic mass is 32.2. The Morgan fingerprint density at radius 2 is 2.04 bits per heavy atom. The lowest BCUT2D eigenvalue weighted by Crippen LogP contribution is -2.30. The molecule has 0 aliphatic carbocycles. The molecule has 0 aromatic heterocycles. The second kappa shape index (κ2) is 6.57. The van der Waals surface area contributed by atoms with Crippen LogP contribution in [0.1, 0.15) is 28.4 Å². The predicted octanol–water partition coefficient (Wildman–Crippen LogP) is 3.20. The first kappa shape index (κ1) is 17.0. The molecular weight excluding hydrogens is 349 g/mol. The quantitative estimate of drug-likeness (QED) is 0.907. The van der Waals surface area contributed by atoms with Gasteiger partial charge in [-0.25, -0.2) is 12.8 Å². The van der Waals surface area contributed by atoms with E-state index in [2.05, 4.69) is 5.32 Å². The summed E-state index contributed by atoms with van der Waals surface area (Å²) in [4.78, 5) is 13.5. The average molecular weight is 365 g/mol. The molecule has 1 amide bonds. The number of benzene rings is 2. The first-order valence-corrected chi connectivity index (χ1v) is 10.3. The molecule has 2 aromatic carbocycles. The Kier molecular flexibility index (Phi) is 4.64. The van der Waals surface area contributed by atoms with Crippen LogP contribution in [0.3, 0.4) is 0 Å². The van der Waals surface area contributed by atoms with Crippen LogP contribution in [0.2, 0.25) is 0 Å². The van der Waals surface area contributed by atoms with Crippen LogP contribution in [-0.2, 0) is 9.84 Å². The Labute approximate surface area is 144 Å². The highest BCUT2D eigenvalue weighted by molar-refractivity contribution is 7.99. The molecule has 1 atom stereocenters. The summed E-state index contributed by atoms with van der Waals surface area (Å²) in [5.41, 5.74) is 1.04. The van der Waals surface area contributed by atoms with E-state index in [0.29, 0.717) is 6.42 Å². The van der Waals surface area contributed by atoms with Gasteiger partial charge in [0.05, 0.1) is 10.9 Å². The highest BCUT2D eigenvalue weighted by Gasteiger charge is 2.23. The zero-order valence-corrected chi connectivity index (χ0v) is 14.6. The van der Waals surface area contributed by atoms with Gasteiger partial charge >= 0.3 is 0 Å². The summed E-state index contributed by atoms with van der Waals surface area (Å²) >= 11 is 1.63. The fraction of sp³-hybridized carbons (Fsp3) is 0.235. The van der Waals surface area contributed by atoms with Crippen LogP contribution in [0.25, 0.3) is 0 Å². The predicted molar refractivity (Wildman–Crippen MR) is 91.5 cm³/mol. The van der Waals surface area contributed by atoms with E-state index in [0.717, 1.165) is 22.5 Å². The van der Waals surface area contributed by atoms with Crippen molar-refractivity contribution >= 4 is 27.5 Å². The second-order valence-electron chi connectivity index (χ2n) is 5.65. The molecule has 24 heavy (non-hydrogen) atoms. The van der Waals surface area contributed by atoms with Crippen LogP contribution in [-0.4, -0.2) is 26.3 Å². The third-order valence-electron chi connectivity index (χ3n) is 3.84. The van der Waals surface area contributed by atoms with Gasteiger partial charge in [0.2, 0.25) is 0 Å². The van der Waals surface area contributed by atoms with Crippen LogP contribution in [0, 0.1) is 5.82 Å². The van der Waals surface area contributed by atoms with Gasteiger partial charge < -0.3 is 5.32 Å². The van der Waals surface area contributed by atoms with E-state index in [1.165, 1.54) is 30.3 Å². The number of thioether (sulfide) groups is 1. The van der Waals surface area contributed by atoms with Gasteiger partial charge in [0.25, 0.3) is 5.91 Å². The van der Waals surface area contributed by atoms with E-state index < -0.39 is 9.84 Å². The van der Waals surface area contributed by atoms with Gasteiger partial charge in [-0.1, -0.05) is 6.07 Å². The molecule has 0 saturated heterocycles. The van der Waals surface area contributed by atoms with Gasteiger partial charge in [0, 0.05) is 22.5 Å². The molecule has 4 nitrogen and oxygen atoms in total. The van der Waals surface area contributed by atoms with Crippen LogP contribution < -0.4 is 5.32 Å². The molecule has 0 saturated carbocycles. The largest absolute Gasteiger partial charge is 0.345 e. The number of carbonyl (C=O) groups excluding carboxylic acids is 1. The Bertz CT molecular complexity index is 896. The fourth-order valence-corrected chi connectivity index (χ4v) is 4.40. The zero-order valence-electron chi connectivity index (χ0n) is 13.0. The summed E-state index contributed by atoms with van der Waals surface area (Å²) in [5.74, 6) is 0.120. The van der Waals surface area contributed by atoms with Gasteiger partial charge in [-0.3, -0.25) is 4.79 Å². The minimum absolute atomic E-state index is 0.0980. The van der Waals surface area contributed by atoms with E-state index in [1.54, 1.807) is 23.9 Å². The number of rotatable bonds is 3. The molecule has 1 aliphatic rings. The molecule has 1 unspecified atom stereocenters. The zero-order chi connectivity index (χ0) is 17.3. The fourth-order valence-electron chi connectivity index (χ4n) is 2.62. The third kappa shape index (κ3) is 3.62. The standard InChI is InChI=1S/C17H16FNO3S2/c1-24(21,22)13-4-2-3-11(9-13)17(20)19-15-7-8-23-16-6-5-12(18)10-14(15)16/h2-6,9-10,15H,7-8H2,1H3,(H,19,20). The van der Waals surface area contributed by atoms with E-state index >= 15 is 0 Å². The maximum atomic E-state index is 13.5. The van der Waals surface area contributed by atoms with Gasteiger partial charge in [-0.05, 0) is 48.4 Å². The van der Waals surface area contributed by atoms with Crippen molar-refractivity contribution in [3.8, 4) is 0 Å². The van der Waals surface area contributed by atoms with Gasteiger partial charge in [0.15, 0.2) is 9.84 Å². The van der Waals surface area contributed by atoms with E-state index in [-0.39, 0.29) is 28.2 Å². The molecule has 1 N–H and O–H groups in total. The molecular formula is C17H16FNO3S2. The van der Waals surface area contributed by atoms with Crippen LogP contribution in [0.4, 0.5) is 4.39 Å². The normalized spacial score (nSPS) is 17.2. The van der Waals surface area contributed by atoms with Crippen molar-refractivity contribution in [1.29, 1.82) is 0 Å². The highest BCUT2D eigenvalue weighted by Crippen LogP contribution is 2.36. The van der Waals surface area contributed by atoms with Crippen LogP contribution in [0.5, 0.6) is 0 Å².